The van der Waals surface area contributed by atoms with Gasteiger partial charge in [-0.15, -0.1) is 0 Å². The highest BCUT2D eigenvalue weighted by Crippen LogP contribution is 2.12. The molecule has 0 saturated carbocycles. The van der Waals surface area contributed by atoms with Crippen LogP contribution in [0, 0.1) is 0 Å². The lowest BCUT2D eigenvalue weighted by atomic mass is 10.1. The van der Waals surface area contributed by atoms with Gasteiger partial charge in [-0.2, -0.15) is 0 Å². The predicted octanol–water partition coefficient (Wildman–Crippen LogP) is 2.19. The Balaban J connectivity index is 2.05. The first kappa shape index (κ1) is 15.7. The Morgan fingerprint density at radius 2 is 1.43 bits per heavy atom. The van der Waals surface area contributed by atoms with Crippen molar-refractivity contribution in [3.05, 3.63) is 65.2 Å². The summed E-state index contributed by atoms with van der Waals surface area (Å²) in [6.45, 7) is 2.78. The van der Waals surface area contributed by atoms with E-state index in [0.29, 0.717) is 11.4 Å². The summed E-state index contributed by atoms with van der Waals surface area (Å²) in [5.74, 6) is 0. The van der Waals surface area contributed by atoms with Crippen LogP contribution < -0.4 is 10.5 Å². The van der Waals surface area contributed by atoms with Crippen molar-refractivity contribution < 1.29 is 8.42 Å². The molecule has 2 rings (SSSR count). The van der Waals surface area contributed by atoms with Crippen LogP contribution in [-0.2, 0) is 29.5 Å². The predicted molar refractivity (Wildman–Crippen MR) is 84.2 cm³/mol. The highest BCUT2D eigenvalue weighted by Gasteiger charge is 2.13. The van der Waals surface area contributed by atoms with Gasteiger partial charge in [0.25, 0.3) is 0 Å². The van der Waals surface area contributed by atoms with Gasteiger partial charge in [-0.1, -0.05) is 43.3 Å². The maximum Gasteiger partial charge on any atom is 0.240 e. The summed E-state index contributed by atoms with van der Waals surface area (Å²) in [4.78, 5) is 0.290. The highest BCUT2D eigenvalue weighted by molar-refractivity contribution is 7.89. The number of sulfonamides is 1. The first-order chi connectivity index (χ1) is 10.0. The third kappa shape index (κ3) is 4.14. The maximum atomic E-state index is 12.2. The summed E-state index contributed by atoms with van der Waals surface area (Å²) in [6, 6.07) is 14.5. The van der Waals surface area contributed by atoms with Crippen LogP contribution in [-0.4, -0.2) is 8.42 Å². The molecule has 0 aliphatic heterocycles. The number of aryl methyl sites for hydroxylation is 1. The van der Waals surface area contributed by atoms with Crippen molar-refractivity contribution in [1.29, 1.82) is 0 Å². The smallest absolute Gasteiger partial charge is 0.240 e. The van der Waals surface area contributed by atoms with E-state index >= 15 is 0 Å². The molecule has 0 radical (unpaired) electrons. The SMILES string of the molecule is CCc1ccc(S(=O)(=O)NCc2ccc(CN)cc2)cc1. The number of nitrogens with one attached hydrogen (secondary N) is 1. The van der Waals surface area contributed by atoms with Gasteiger partial charge in [0.05, 0.1) is 4.90 Å². The Hall–Kier alpha value is -1.69. The Morgan fingerprint density at radius 3 is 1.95 bits per heavy atom. The van der Waals surface area contributed by atoms with Crippen molar-refractivity contribution in [2.45, 2.75) is 31.3 Å². The molecule has 0 aliphatic rings. The number of hydrogen-bond donors (Lipinski definition) is 2. The van der Waals surface area contributed by atoms with E-state index in [9.17, 15) is 8.42 Å². The van der Waals surface area contributed by atoms with Gasteiger partial charge in [0, 0.05) is 13.1 Å². The van der Waals surface area contributed by atoms with Gasteiger partial charge in [0.15, 0.2) is 0 Å². The van der Waals surface area contributed by atoms with Crippen LogP contribution in [0.4, 0.5) is 0 Å². The summed E-state index contributed by atoms with van der Waals surface area (Å²) in [5, 5.41) is 0. The number of hydrogen-bond acceptors (Lipinski definition) is 3. The van der Waals surface area contributed by atoms with Crippen molar-refractivity contribution in [3.63, 3.8) is 0 Å². The van der Waals surface area contributed by atoms with Gasteiger partial charge >= 0.3 is 0 Å². The molecule has 0 fully saturated rings. The van der Waals surface area contributed by atoms with Crippen molar-refractivity contribution in [2.75, 3.05) is 0 Å². The van der Waals surface area contributed by atoms with E-state index in [1.165, 1.54) is 0 Å². The molecule has 2 aromatic carbocycles. The molecule has 0 unspecified atom stereocenters. The van der Waals surface area contributed by atoms with Crippen LogP contribution >= 0.6 is 0 Å². The fourth-order valence-electron chi connectivity index (χ4n) is 1.96. The zero-order valence-corrected chi connectivity index (χ0v) is 12.9. The van der Waals surface area contributed by atoms with Crippen molar-refractivity contribution >= 4 is 10.0 Å². The van der Waals surface area contributed by atoms with Gasteiger partial charge < -0.3 is 5.73 Å². The quantitative estimate of drug-likeness (QED) is 0.859. The van der Waals surface area contributed by atoms with Crippen LogP contribution in [0.3, 0.4) is 0 Å². The molecule has 0 spiro atoms. The van der Waals surface area contributed by atoms with Crippen molar-refractivity contribution in [1.82, 2.24) is 4.72 Å². The Labute approximate surface area is 126 Å². The first-order valence-electron chi connectivity index (χ1n) is 6.91. The van der Waals surface area contributed by atoms with Crippen LogP contribution in [0.25, 0.3) is 0 Å². The molecule has 0 saturated heterocycles. The van der Waals surface area contributed by atoms with E-state index in [2.05, 4.69) is 4.72 Å². The molecule has 0 heterocycles. The molecule has 0 amide bonds. The fourth-order valence-corrected chi connectivity index (χ4v) is 2.98. The molecule has 0 aromatic heterocycles. The van der Waals surface area contributed by atoms with Crippen molar-refractivity contribution in [3.8, 4) is 0 Å². The van der Waals surface area contributed by atoms with Gasteiger partial charge in [-0.3, -0.25) is 0 Å². The molecule has 4 nitrogen and oxygen atoms in total. The third-order valence-corrected chi connectivity index (χ3v) is 4.78. The molecule has 0 bridgehead atoms. The molecule has 5 heteroatoms. The second-order valence-corrected chi connectivity index (χ2v) is 6.61. The van der Waals surface area contributed by atoms with E-state index in [4.69, 9.17) is 5.73 Å². The topological polar surface area (TPSA) is 72.2 Å². The summed E-state index contributed by atoms with van der Waals surface area (Å²) >= 11 is 0. The standard InChI is InChI=1S/C16H20N2O2S/c1-2-13-7-9-16(10-8-13)21(19,20)18-12-15-5-3-14(11-17)4-6-15/h3-10,18H,2,11-12,17H2,1H3. The number of benzene rings is 2. The summed E-state index contributed by atoms with van der Waals surface area (Å²) in [7, 11) is -3.47. The number of nitrogens with two attached hydrogens (primary N) is 1. The van der Waals surface area contributed by atoms with Crippen LogP contribution in [0.2, 0.25) is 0 Å². The zero-order valence-electron chi connectivity index (χ0n) is 12.0. The average molecular weight is 304 g/mol. The summed E-state index contributed by atoms with van der Waals surface area (Å²) < 4.78 is 27.0. The Bertz CT molecular complexity index is 677. The summed E-state index contributed by atoms with van der Waals surface area (Å²) in [6.07, 6.45) is 0.890. The van der Waals surface area contributed by atoms with E-state index < -0.39 is 10.0 Å². The molecule has 2 aromatic rings. The van der Waals surface area contributed by atoms with Crippen LogP contribution in [0.1, 0.15) is 23.6 Å². The van der Waals surface area contributed by atoms with Gasteiger partial charge in [-0.05, 0) is 35.2 Å². The van der Waals surface area contributed by atoms with Crippen molar-refractivity contribution in [2.24, 2.45) is 5.73 Å². The lowest BCUT2D eigenvalue weighted by molar-refractivity contribution is 0.581. The molecule has 21 heavy (non-hydrogen) atoms. The minimum atomic E-state index is -3.47. The lowest BCUT2D eigenvalue weighted by Gasteiger charge is -2.08. The third-order valence-electron chi connectivity index (χ3n) is 3.37. The van der Waals surface area contributed by atoms with Crippen LogP contribution in [0.15, 0.2) is 53.4 Å². The second kappa shape index (κ2) is 6.85. The fraction of sp³-hybridized carbons (Fsp3) is 0.250. The lowest BCUT2D eigenvalue weighted by Crippen LogP contribution is -2.23. The molecule has 0 atom stereocenters. The highest BCUT2D eigenvalue weighted by atomic mass is 32.2. The zero-order chi connectivity index (χ0) is 15.3. The minimum absolute atomic E-state index is 0.267. The van der Waals surface area contributed by atoms with Gasteiger partial charge in [-0.25, -0.2) is 13.1 Å². The monoisotopic (exact) mass is 304 g/mol. The normalized spacial score (nSPS) is 11.5. The van der Waals surface area contributed by atoms with Gasteiger partial charge in [0.1, 0.15) is 0 Å². The molecule has 0 aliphatic carbocycles. The average Bonchev–Trinajstić information content (AvgIpc) is 2.53. The van der Waals surface area contributed by atoms with E-state index in [1.807, 2.05) is 43.3 Å². The number of rotatable bonds is 6. The first-order valence-corrected chi connectivity index (χ1v) is 8.40. The largest absolute Gasteiger partial charge is 0.326 e. The van der Waals surface area contributed by atoms with E-state index in [-0.39, 0.29) is 6.54 Å². The molecule has 112 valence electrons. The molecule has 3 N–H and O–H groups in total. The molecular formula is C16H20N2O2S. The Morgan fingerprint density at radius 1 is 0.905 bits per heavy atom. The van der Waals surface area contributed by atoms with E-state index in [0.717, 1.165) is 23.1 Å². The van der Waals surface area contributed by atoms with Gasteiger partial charge in [0.2, 0.25) is 10.0 Å². The minimum Gasteiger partial charge on any atom is -0.326 e. The Kier molecular flexibility index (Phi) is 5.12. The van der Waals surface area contributed by atoms with E-state index in [1.54, 1.807) is 12.1 Å². The second-order valence-electron chi connectivity index (χ2n) is 4.84. The molecular weight excluding hydrogens is 284 g/mol. The summed E-state index contributed by atoms with van der Waals surface area (Å²) in [5.41, 5.74) is 8.58. The maximum absolute atomic E-state index is 12.2. The van der Waals surface area contributed by atoms with Crippen LogP contribution in [0.5, 0.6) is 0 Å².